The lowest BCUT2D eigenvalue weighted by Crippen LogP contribution is -2.40. The van der Waals surface area contributed by atoms with Gasteiger partial charge in [0.05, 0.1) is 23.0 Å². The zero-order valence-corrected chi connectivity index (χ0v) is 19.0. The van der Waals surface area contributed by atoms with Crippen molar-refractivity contribution in [2.75, 3.05) is 44.3 Å². The van der Waals surface area contributed by atoms with Crippen LogP contribution in [-0.2, 0) is 14.8 Å². The lowest BCUT2D eigenvalue weighted by Gasteiger charge is -2.33. The minimum Gasteiger partial charge on any atom is -0.379 e. The predicted molar refractivity (Wildman–Crippen MR) is 125 cm³/mol. The first kappa shape index (κ1) is 21.9. The lowest BCUT2D eigenvalue weighted by atomic mass is 9.93. The monoisotopic (exact) mass is 470 g/mol. The van der Waals surface area contributed by atoms with Gasteiger partial charge in [-0.2, -0.15) is 4.31 Å². The molecule has 1 aromatic heterocycles. The second-order valence-electron chi connectivity index (χ2n) is 8.50. The van der Waals surface area contributed by atoms with Crippen LogP contribution >= 0.6 is 0 Å². The predicted octanol–water partition coefficient (Wildman–Crippen LogP) is 3.48. The van der Waals surface area contributed by atoms with E-state index < -0.39 is 14.9 Å². The third-order valence-electron chi connectivity index (χ3n) is 6.58. The summed E-state index contributed by atoms with van der Waals surface area (Å²) in [5.74, 6) is 0.355. The van der Waals surface area contributed by atoms with Crippen molar-refractivity contribution in [2.45, 2.75) is 23.7 Å². The van der Waals surface area contributed by atoms with Crippen LogP contribution in [0.1, 0.15) is 24.5 Å². The number of para-hydroxylation sites is 1. The first-order valence-electron chi connectivity index (χ1n) is 11.1. The fourth-order valence-electron chi connectivity index (χ4n) is 4.76. The number of hydrogen-bond acceptors (Lipinski definition) is 6. The van der Waals surface area contributed by atoms with Gasteiger partial charge in [-0.1, -0.05) is 18.2 Å². The third-order valence-corrected chi connectivity index (χ3v) is 8.47. The van der Waals surface area contributed by atoms with E-state index in [1.54, 1.807) is 6.07 Å². The summed E-state index contributed by atoms with van der Waals surface area (Å²) in [6, 6.07) is 14.6. The van der Waals surface area contributed by atoms with Crippen molar-refractivity contribution in [2.24, 2.45) is 0 Å². The Morgan fingerprint density at radius 3 is 2.42 bits per heavy atom. The molecule has 33 heavy (non-hydrogen) atoms. The summed E-state index contributed by atoms with van der Waals surface area (Å²) >= 11 is 0. The number of piperidine rings is 1. The minimum absolute atomic E-state index is 0.0483. The maximum absolute atomic E-state index is 13.0. The van der Waals surface area contributed by atoms with Gasteiger partial charge < -0.3 is 14.6 Å². The highest BCUT2D eigenvalue weighted by Gasteiger charge is 2.31. The number of aromatic amines is 1. The Balaban J connectivity index is 1.35. The summed E-state index contributed by atoms with van der Waals surface area (Å²) in [4.78, 5) is 16.8. The molecule has 1 N–H and O–H groups in total. The van der Waals surface area contributed by atoms with Crippen LogP contribution < -0.4 is 4.90 Å². The van der Waals surface area contributed by atoms with Crippen LogP contribution in [0.4, 0.5) is 11.4 Å². The van der Waals surface area contributed by atoms with Crippen LogP contribution in [0.3, 0.4) is 0 Å². The molecule has 2 fully saturated rings. The molecule has 0 saturated carbocycles. The van der Waals surface area contributed by atoms with Crippen LogP contribution in [0.15, 0.2) is 53.4 Å². The number of fused-ring (bicyclic) bond motifs is 1. The standard InChI is InChI=1S/C23H26N4O5S/c28-27(29)23-16-19(33(30,31)26-11-13-32-14-12-26)5-6-22(23)25-9-7-17(8-10-25)21-15-18-3-1-2-4-20(18)24-21/h1-6,15-17,24H,7-14H2. The van der Waals surface area contributed by atoms with E-state index in [1.165, 1.54) is 27.5 Å². The maximum atomic E-state index is 13.0. The molecule has 3 heterocycles. The van der Waals surface area contributed by atoms with Crippen LogP contribution in [-0.4, -0.2) is 62.0 Å². The summed E-state index contributed by atoms with van der Waals surface area (Å²) in [6.45, 7) is 2.47. The number of morpholine rings is 1. The fourth-order valence-corrected chi connectivity index (χ4v) is 6.19. The summed E-state index contributed by atoms with van der Waals surface area (Å²) in [6.07, 6.45) is 1.72. The summed E-state index contributed by atoms with van der Waals surface area (Å²) in [7, 11) is -3.80. The average Bonchev–Trinajstić information content (AvgIpc) is 3.29. The molecule has 0 unspecified atom stereocenters. The molecule has 2 aliphatic rings. The number of anilines is 1. The smallest absolute Gasteiger partial charge is 0.293 e. The Bertz CT molecular complexity index is 1240. The Labute approximate surface area is 192 Å². The van der Waals surface area contributed by atoms with Crippen molar-refractivity contribution >= 4 is 32.3 Å². The summed E-state index contributed by atoms with van der Waals surface area (Å²) < 4.78 is 32.5. The van der Waals surface area contributed by atoms with Gasteiger partial charge in [0.15, 0.2) is 0 Å². The number of nitro groups is 1. The molecule has 10 heteroatoms. The number of rotatable bonds is 5. The highest BCUT2D eigenvalue weighted by atomic mass is 32.2. The molecule has 0 atom stereocenters. The molecule has 3 aromatic rings. The molecular formula is C23H26N4O5S. The van der Waals surface area contributed by atoms with Crippen LogP contribution in [0.25, 0.3) is 10.9 Å². The number of nitro benzene ring substituents is 1. The van der Waals surface area contributed by atoms with E-state index in [0.29, 0.717) is 37.9 Å². The fraction of sp³-hybridized carbons (Fsp3) is 0.391. The Morgan fingerprint density at radius 2 is 1.73 bits per heavy atom. The highest BCUT2D eigenvalue weighted by molar-refractivity contribution is 7.89. The van der Waals surface area contributed by atoms with Crippen molar-refractivity contribution < 1.29 is 18.1 Å². The highest BCUT2D eigenvalue weighted by Crippen LogP contribution is 2.37. The number of nitrogens with zero attached hydrogens (tertiary/aromatic N) is 3. The van der Waals surface area contributed by atoms with Gasteiger partial charge in [-0.25, -0.2) is 8.42 Å². The van der Waals surface area contributed by atoms with Crippen molar-refractivity contribution in [3.8, 4) is 0 Å². The van der Waals surface area contributed by atoms with Crippen LogP contribution in [0, 0.1) is 10.1 Å². The van der Waals surface area contributed by atoms with Crippen LogP contribution in [0.5, 0.6) is 0 Å². The molecule has 174 valence electrons. The molecule has 2 aliphatic heterocycles. The second-order valence-corrected chi connectivity index (χ2v) is 10.4. The average molecular weight is 471 g/mol. The number of hydrogen-bond donors (Lipinski definition) is 1. The van der Waals surface area contributed by atoms with Crippen molar-refractivity contribution in [1.82, 2.24) is 9.29 Å². The molecule has 0 bridgehead atoms. The van der Waals surface area contributed by atoms with E-state index in [9.17, 15) is 18.5 Å². The van der Waals surface area contributed by atoms with Crippen molar-refractivity contribution in [1.29, 1.82) is 0 Å². The lowest BCUT2D eigenvalue weighted by molar-refractivity contribution is -0.384. The van der Waals surface area contributed by atoms with Gasteiger partial charge >= 0.3 is 0 Å². The number of H-pyrrole nitrogens is 1. The van der Waals surface area contributed by atoms with Gasteiger partial charge in [-0.15, -0.1) is 0 Å². The molecule has 2 aromatic carbocycles. The SMILES string of the molecule is O=[N+]([O-])c1cc(S(=O)(=O)N2CCOCC2)ccc1N1CCC(c2cc3ccccc3[nH]2)CC1. The molecule has 0 spiro atoms. The Kier molecular flexibility index (Phi) is 5.81. The molecule has 0 aliphatic carbocycles. The first-order chi connectivity index (χ1) is 15.9. The van der Waals surface area contributed by atoms with Crippen molar-refractivity contribution in [3.63, 3.8) is 0 Å². The Hall–Kier alpha value is -2.95. The van der Waals surface area contributed by atoms with Gasteiger partial charge in [-0.05, 0) is 42.5 Å². The number of ether oxygens (including phenoxy) is 1. The van der Waals surface area contributed by atoms with Crippen LogP contribution in [0.2, 0.25) is 0 Å². The summed E-state index contributed by atoms with van der Waals surface area (Å²) in [5, 5.41) is 13.0. The van der Waals surface area contributed by atoms with E-state index in [0.717, 1.165) is 18.4 Å². The number of aromatic nitrogens is 1. The number of nitrogens with one attached hydrogen (secondary N) is 1. The minimum atomic E-state index is -3.80. The zero-order valence-electron chi connectivity index (χ0n) is 18.1. The van der Waals surface area contributed by atoms with E-state index in [2.05, 4.69) is 23.2 Å². The molecule has 5 rings (SSSR count). The summed E-state index contributed by atoms with van der Waals surface area (Å²) in [5.41, 5.74) is 2.60. The molecule has 9 nitrogen and oxygen atoms in total. The topological polar surface area (TPSA) is 109 Å². The van der Waals surface area contributed by atoms with E-state index in [1.807, 2.05) is 17.0 Å². The van der Waals surface area contributed by atoms with Crippen molar-refractivity contribution in [3.05, 3.63) is 64.3 Å². The molecule has 0 amide bonds. The quantitative estimate of drug-likeness (QED) is 0.452. The molecule has 2 saturated heterocycles. The second kappa shape index (κ2) is 8.77. The number of benzene rings is 2. The van der Waals surface area contributed by atoms with Gasteiger partial charge in [0.1, 0.15) is 5.69 Å². The largest absolute Gasteiger partial charge is 0.379 e. The van der Waals surface area contributed by atoms with Gasteiger partial charge in [0.2, 0.25) is 10.0 Å². The van der Waals surface area contributed by atoms with Gasteiger partial charge in [0, 0.05) is 49.4 Å². The van der Waals surface area contributed by atoms with Gasteiger partial charge in [-0.3, -0.25) is 10.1 Å². The number of sulfonamides is 1. The van der Waals surface area contributed by atoms with E-state index in [4.69, 9.17) is 4.74 Å². The third kappa shape index (κ3) is 4.21. The molecule has 0 radical (unpaired) electrons. The first-order valence-corrected chi connectivity index (χ1v) is 12.6. The zero-order chi connectivity index (χ0) is 23.0. The Morgan fingerprint density at radius 1 is 1.00 bits per heavy atom. The van der Waals surface area contributed by atoms with E-state index >= 15 is 0 Å². The van der Waals surface area contributed by atoms with Gasteiger partial charge in [0.25, 0.3) is 5.69 Å². The maximum Gasteiger partial charge on any atom is 0.293 e. The molecular weight excluding hydrogens is 444 g/mol. The normalized spacial score (nSPS) is 18.6. The van der Waals surface area contributed by atoms with E-state index in [-0.39, 0.29) is 23.7 Å².